The van der Waals surface area contributed by atoms with Gasteiger partial charge in [-0.3, -0.25) is 24.9 Å². The Morgan fingerprint density at radius 2 is 1.76 bits per heavy atom. The second-order valence-corrected chi connectivity index (χ2v) is 16.4. The zero-order valence-electron chi connectivity index (χ0n) is 31.6. The summed E-state index contributed by atoms with van der Waals surface area (Å²) in [5.74, 6) is 1.50. The van der Waals surface area contributed by atoms with E-state index >= 15 is 0 Å². The number of amides is 2. The molecule has 2 amide bonds. The lowest BCUT2D eigenvalue weighted by Gasteiger charge is -2.33. The summed E-state index contributed by atoms with van der Waals surface area (Å²) in [6.45, 7) is 9.03. The summed E-state index contributed by atoms with van der Waals surface area (Å²) >= 11 is 0. The fourth-order valence-electron chi connectivity index (χ4n) is 6.19. The Labute approximate surface area is 317 Å². The molecule has 0 spiro atoms. The van der Waals surface area contributed by atoms with Crippen molar-refractivity contribution in [3.8, 4) is 11.5 Å². The number of carbonyl (C=O) groups excluding carboxylic acids is 1. The number of amidine groups is 1. The first-order valence-corrected chi connectivity index (χ1v) is 20.0. The van der Waals surface area contributed by atoms with Crippen molar-refractivity contribution in [1.82, 2.24) is 20.1 Å². The second-order valence-electron chi connectivity index (χ2n) is 14.7. The maximum absolute atomic E-state index is 13.6. The third-order valence-electron chi connectivity index (χ3n) is 9.15. The van der Waals surface area contributed by atoms with Gasteiger partial charge in [-0.25, -0.2) is 9.79 Å². The lowest BCUT2D eigenvalue weighted by Crippen LogP contribution is -2.43. The van der Waals surface area contributed by atoms with Gasteiger partial charge in [0.15, 0.2) is 0 Å². The maximum atomic E-state index is 13.6. The fraction of sp³-hybridized carbons (Fsp3) is 0.436. The highest BCUT2D eigenvalue weighted by molar-refractivity contribution is 7.85. The number of carbonyl (C=O) groups is 1. The Balaban J connectivity index is 1.31. The number of aromatic nitrogens is 1. The van der Waals surface area contributed by atoms with Crippen molar-refractivity contribution in [2.75, 3.05) is 26.0 Å². The average molecular weight is 761 g/mol. The van der Waals surface area contributed by atoms with Crippen molar-refractivity contribution >= 4 is 33.6 Å². The molecule has 0 radical (unpaired) electrons. The van der Waals surface area contributed by atoms with E-state index in [9.17, 15) is 13.2 Å². The molecule has 15 heteroatoms. The minimum absolute atomic E-state index is 0.148. The molecule has 1 aliphatic carbocycles. The van der Waals surface area contributed by atoms with Gasteiger partial charge in [-0.1, -0.05) is 51.1 Å². The van der Waals surface area contributed by atoms with Gasteiger partial charge < -0.3 is 25.4 Å². The second kappa shape index (κ2) is 17.3. The number of pyridine rings is 1. The SMILES string of the molecule is C[C@@H](COS(C)(=O)=O)Oc1cccc(N=C(C=C(N)C(C)(C)C)NC(=O)NC2CC[C@@H](Oc3ccc(=N)n(C(=N)N4CCCCC4)c3)c3ccccc32)c1. The van der Waals surface area contributed by atoms with Crippen molar-refractivity contribution in [3.05, 3.63) is 95.2 Å². The number of ether oxygens (including phenoxy) is 2. The summed E-state index contributed by atoms with van der Waals surface area (Å²) in [6, 6.07) is 17.4. The number of piperidine rings is 1. The third kappa shape index (κ3) is 11.2. The number of urea groups is 1. The van der Waals surface area contributed by atoms with E-state index < -0.39 is 27.7 Å². The van der Waals surface area contributed by atoms with Crippen molar-refractivity contribution in [2.24, 2.45) is 16.1 Å². The molecular formula is C39H52N8O6S. The molecule has 1 aliphatic heterocycles. The van der Waals surface area contributed by atoms with E-state index in [2.05, 4.69) is 15.6 Å². The summed E-state index contributed by atoms with van der Waals surface area (Å²) in [6.07, 6.45) is 7.92. The van der Waals surface area contributed by atoms with Crippen molar-refractivity contribution in [2.45, 2.75) is 78.0 Å². The van der Waals surface area contributed by atoms with E-state index in [1.807, 2.05) is 49.9 Å². The van der Waals surface area contributed by atoms with Crippen LogP contribution >= 0.6 is 0 Å². The van der Waals surface area contributed by atoms with Gasteiger partial charge in [-0.05, 0) is 74.4 Å². The third-order valence-corrected chi connectivity index (χ3v) is 9.71. The minimum atomic E-state index is -3.61. The molecule has 5 rings (SSSR count). The molecule has 3 atom stereocenters. The van der Waals surface area contributed by atoms with Crippen LogP contribution in [-0.2, 0) is 14.3 Å². The van der Waals surface area contributed by atoms with Crippen LogP contribution in [0.5, 0.6) is 11.5 Å². The molecule has 1 saturated heterocycles. The normalized spacial score (nSPS) is 18.6. The monoisotopic (exact) mass is 760 g/mol. The van der Waals surface area contributed by atoms with Gasteiger partial charge in [0, 0.05) is 36.3 Å². The first-order valence-electron chi connectivity index (χ1n) is 18.2. The van der Waals surface area contributed by atoms with E-state index in [0.717, 1.165) is 49.7 Å². The van der Waals surface area contributed by atoms with Gasteiger partial charge >= 0.3 is 6.03 Å². The lowest BCUT2D eigenvalue weighted by molar-refractivity contribution is 0.147. The Kier molecular flexibility index (Phi) is 12.9. The molecule has 1 unspecified atom stereocenters. The molecule has 14 nitrogen and oxygen atoms in total. The Hall–Kier alpha value is -5.15. The first-order chi connectivity index (χ1) is 25.6. The summed E-state index contributed by atoms with van der Waals surface area (Å²) in [5, 5.41) is 23.2. The van der Waals surface area contributed by atoms with Gasteiger partial charge in [0.2, 0.25) is 5.96 Å². The van der Waals surface area contributed by atoms with Gasteiger partial charge in [0.05, 0.1) is 24.2 Å². The van der Waals surface area contributed by atoms with Crippen LogP contribution in [0.15, 0.2) is 83.6 Å². The van der Waals surface area contributed by atoms with Crippen molar-refractivity contribution in [3.63, 3.8) is 0 Å². The number of rotatable bonds is 10. The maximum Gasteiger partial charge on any atom is 0.320 e. The highest BCUT2D eigenvalue weighted by Crippen LogP contribution is 2.38. The number of benzene rings is 2. The van der Waals surface area contributed by atoms with Crippen LogP contribution in [0.2, 0.25) is 0 Å². The summed E-state index contributed by atoms with van der Waals surface area (Å²) in [4.78, 5) is 20.3. The van der Waals surface area contributed by atoms with Crippen LogP contribution in [0, 0.1) is 16.2 Å². The molecule has 2 aliphatic rings. The smallest absolute Gasteiger partial charge is 0.320 e. The van der Waals surface area contributed by atoms with Crippen molar-refractivity contribution < 1.29 is 26.9 Å². The molecule has 1 aromatic heterocycles. The Morgan fingerprint density at radius 3 is 2.46 bits per heavy atom. The van der Waals surface area contributed by atoms with Crippen LogP contribution in [0.3, 0.4) is 0 Å². The zero-order chi connectivity index (χ0) is 39.0. The van der Waals surface area contributed by atoms with Crippen LogP contribution in [0.1, 0.15) is 83.1 Å². The first kappa shape index (κ1) is 40.0. The average Bonchev–Trinajstić information content (AvgIpc) is 3.12. The van der Waals surface area contributed by atoms with E-state index in [4.69, 9.17) is 30.2 Å². The number of hydrogen-bond acceptors (Lipinski definition) is 10. The summed E-state index contributed by atoms with van der Waals surface area (Å²) in [7, 11) is -3.61. The van der Waals surface area contributed by atoms with Crippen LogP contribution < -0.4 is 31.3 Å². The number of hydrogen-bond donors (Lipinski definition) is 5. The molecule has 1 fully saturated rings. The van der Waals surface area contributed by atoms with Gasteiger partial charge in [0.1, 0.15) is 41.6 Å². The number of likely N-dealkylation sites (tertiary alicyclic amines) is 1. The predicted molar refractivity (Wildman–Crippen MR) is 208 cm³/mol. The fourth-order valence-corrected chi connectivity index (χ4v) is 6.63. The van der Waals surface area contributed by atoms with Crippen LogP contribution in [0.25, 0.3) is 0 Å². The molecular weight excluding hydrogens is 709 g/mol. The summed E-state index contributed by atoms with van der Waals surface area (Å²) in [5.41, 5.74) is 9.10. The molecule has 2 heterocycles. The molecule has 6 N–H and O–H groups in total. The Morgan fingerprint density at radius 1 is 1.04 bits per heavy atom. The number of nitrogens with one attached hydrogen (secondary N) is 4. The number of aliphatic imine (C=N–C) groups is 1. The van der Waals surface area contributed by atoms with E-state index in [1.165, 1.54) is 0 Å². The van der Waals surface area contributed by atoms with Gasteiger partial charge in [-0.15, -0.1) is 0 Å². The number of allylic oxidation sites excluding steroid dienone is 1. The molecule has 2 aromatic carbocycles. The highest BCUT2D eigenvalue weighted by atomic mass is 32.2. The van der Waals surface area contributed by atoms with E-state index in [-0.39, 0.29) is 36.0 Å². The summed E-state index contributed by atoms with van der Waals surface area (Å²) < 4.78 is 41.5. The number of nitrogens with zero attached hydrogens (tertiary/aromatic N) is 3. The molecule has 290 valence electrons. The van der Waals surface area contributed by atoms with Crippen LogP contribution in [-0.4, -0.2) is 67.8 Å². The zero-order valence-corrected chi connectivity index (χ0v) is 32.4. The highest BCUT2D eigenvalue weighted by Gasteiger charge is 2.30. The Bertz CT molecular complexity index is 2050. The minimum Gasteiger partial charge on any atom is -0.488 e. The van der Waals surface area contributed by atoms with E-state index in [0.29, 0.717) is 35.7 Å². The van der Waals surface area contributed by atoms with Crippen LogP contribution in [0.4, 0.5) is 10.5 Å². The molecule has 0 bridgehead atoms. The molecule has 0 saturated carbocycles. The molecule has 3 aromatic rings. The molecule has 54 heavy (non-hydrogen) atoms. The van der Waals surface area contributed by atoms with Crippen molar-refractivity contribution in [1.29, 1.82) is 10.8 Å². The standard InChI is InChI=1S/C39H52N8O6S/c1-26(25-51-54(5,49)50)52-28-13-11-12-27(22-28)43-36(23-34(40)39(2,3)4)45-38(48)44-32-17-18-33(31-15-8-7-14-30(31)32)53-29-16-19-35(41)47(24-29)37(42)46-20-9-6-10-21-46/h7-8,11-16,19,22-24,26,32-33,41-42H,6,9-10,17-18,20-21,25,40H2,1-5H3,(H2,43,44,45,48)/t26-,32?,33+/m0/s1. The predicted octanol–water partition coefficient (Wildman–Crippen LogP) is 5.85. The van der Waals surface area contributed by atoms with Gasteiger partial charge in [-0.2, -0.15) is 8.42 Å². The lowest BCUT2D eigenvalue weighted by atomic mass is 9.85. The largest absolute Gasteiger partial charge is 0.488 e. The quantitative estimate of drug-likeness (QED) is 0.0963. The van der Waals surface area contributed by atoms with Gasteiger partial charge in [0.25, 0.3) is 10.1 Å². The topological polar surface area (TPSA) is 197 Å². The number of fused-ring (bicyclic) bond motifs is 1. The van der Waals surface area contributed by atoms with E-state index in [1.54, 1.807) is 60.2 Å². The number of nitrogens with two attached hydrogens (primary N) is 1.